The summed E-state index contributed by atoms with van der Waals surface area (Å²) >= 11 is 0. The number of benzene rings is 2. The van der Waals surface area contributed by atoms with Gasteiger partial charge in [0, 0.05) is 41.9 Å². The molecule has 2 aromatic carbocycles. The Kier molecular flexibility index (Phi) is 6.80. The minimum absolute atomic E-state index is 0.297. The molecule has 0 bridgehead atoms. The molecule has 0 radical (unpaired) electrons. The summed E-state index contributed by atoms with van der Waals surface area (Å²) < 4.78 is 12.7. The number of hydrogen-bond donors (Lipinski definition) is 1. The van der Waals surface area contributed by atoms with Gasteiger partial charge in [0.1, 0.15) is 17.2 Å². The quantitative estimate of drug-likeness (QED) is 0.391. The van der Waals surface area contributed by atoms with Crippen LogP contribution in [0.3, 0.4) is 0 Å². The summed E-state index contributed by atoms with van der Waals surface area (Å²) in [4.78, 5) is 16.9. The van der Waals surface area contributed by atoms with Crippen molar-refractivity contribution < 1.29 is 14.3 Å². The molecule has 33 heavy (non-hydrogen) atoms. The minimum atomic E-state index is -0.297. The SMILES string of the molecule is CCOc1ccc(OC)cc1NC(=O)/C=C/c1cn(-c2ccccc2)nc1-c1cccnc1. The molecular weight excluding hydrogens is 416 g/mol. The van der Waals surface area contributed by atoms with Gasteiger partial charge < -0.3 is 14.8 Å². The third-order valence-electron chi connectivity index (χ3n) is 4.86. The summed E-state index contributed by atoms with van der Waals surface area (Å²) in [6, 6.07) is 18.9. The van der Waals surface area contributed by atoms with E-state index in [0.717, 1.165) is 22.5 Å². The largest absolute Gasteiger partial charge is 0.497 e. The van der Waals surface area contributed by atoms with E-state index in [-0.39, 0.29) is 5.91 Å². The molecule has 0 spiro atoms. The molecule has 0 aliphatic carbocycles. The Morgan fingerprint density at radius 3 is 2.70 bits per heavy atom. The highest BCUT2D eigenvalue weighted by Gasteiger charge is 2.12. The van der Waals surface area contributed by atoms with Crippen LogP contribution >= 0.6 is 0 Å². The monoisotopic (exact) mass is 440 g/mol. The van der Waals surface area contributed by atoms with Crippen LogP contribution < -0.4 is 14.8 Å². The predicted molar refractivity (Wildman–Crippen MR) is 129 cm³/mol. The van der Waals surface area contributed by atoms with Crippen LogP contribution in [0.1, 0.15) is 12.5 Å². The number of aromatic nitrogens is 3. The summed E-state index contributed by atoms with van der Waals surface area (Å²) in [6.45, 7) is 2.37. The molecule has 0 saturated carbocycles. The fourth-order valence-electron chi connectivity index (χ4n) is 3.30. The van der Waals surface area contributed by atoms with Gasteiger partial charge in [0.25, 0.3) is 0 Å². The average molecular weight is 441 g/mol. The second-order valence-corrected chi connectivity index (χ2v) is 7.07. The molecule has 7 heteroatoms. The number of nitrogens with one attached hydrogen (secondary N) is 1. The normalized spacial score (nSPS) is 10.8. The Labute approximate surface area is 192 Å². The first kappa shape index (κ1) is 21.8. The van der Waals surface area contributed by atoms with Gasteiger partial charge in [-0.1, -0.05) is 18.2 Å². The molecule has 4 aromatic rings. The Morgan fingerprint density at radius 2 is 1.97 bits per heavy atom. The van der Waals surface area contributed by atoms with Crippen LogP contribution in [0.5, 0.6) is 11.5 Å². The number of methoxy groups -OCH3 is 1. The highest BCUT2D eigenvalue weighted by Crippen LogP contribution is 2.29. The van der Waals surface area contributed by atoms with Crippen molar-refractivity contribution in [3.05, 3.63) is 90.9 Å². The zero-order valence-corrected chi connectivity index (χ0v) is 18.4. The van der Waals surface area contributed by atoms with Crippen molar-refractivity contribution in [3.63, 3.8) is 0 Å². The van der Waals surface area contributed by atoms with Gasteiger partial charge in [-0.15, -0.1) is 0 Å². The van der Waals surface area contributed by atoms with Crippen LogP contribution in [0.25, 0.3) is 23.0 Å². The molecule has 1 amide bonds. The van der Waals surface area contributed by atoms with Crippen LogP contribution in [-0.4, -0.2) is 34.4 Å². The van der Waals surface area contributed by atoms with Crippen LogP contribution in [0.4, 0.5) is 5.69 Å². The smallest absolute Gasteiger partial charge is 0.248 e. The first-order valence-corrected chi connectivity index (χ1v) is 10.5. The Morgan fingerprint density at radius 1 is 1.12 bits per heavy atom. The van der Waals surface area contributed by atoms with E-state index in [4.69, 9.17) is 14.6 Å². The maximum Gasteiger partial charge on any atom is 0.248 e. The number of nitrogens with zero attached hydrogens (tertiary/aromatic N) is 3. The lowest BCUT2D eigenvalue weighted by atomic mass is 10.1. The molecule has 166 valence electrons. The van der Waals surface area contributed by atoms with Crippen LogP contribution in [0, 0.1) is 0 Å². The molecule has 0 aliphatic rings. The number of hydrogen-bond acceptors (Lipinski definition) is 5. The molecule has 0 atom stereocenters. The Hall–Kier alpha value is -4.39. The fourth-order valence-corrected chi connectivity index (χ4v) is 3.30. The number of ether oxygens (including phenoxy) is 2. The number of amides is 1. The minimum Gasteiger partial charge on any atom is -0.497 e. The Balaban J connectivity index is 1.62. The van der Waals surface area contributed by atoms with Crippen molar-refractivity contribution in [2.24, 2.45) is 0 Å². The van der Waals surface area contributed by atoms with Crippen LogP contribution in [-0.2, 0) is 4.79 Å². The lowest BCUT2D eigenvalue weighted by Gasteiger charge is -2.12. The van der Waals surface area contributed by atoms with Crippen LogP contribution in [0.2, 0.25) is 0 Å². The first-order chi connectivity index (χ1) is 16.2. The molecule has 4 rings (SSSR count). The summed E-state index contributed by atoms with van der Waals surface area (Å²) in [5.41, 5.74) is 3.84. The third kappa shape index (κ3) is 5.27. The van der Waals surface area contributed by atoms with Gasteiger partial charge in [-0.25, -0.2) is 4.68 Å². The van der Waals surface area contributed by atoms with Crippen molar-refractivity contribution in [1.82, 2.24) is 14.8 Å². The molecule has 2 heterocycles. The first-order valence-electron chi connectivity index (χ1n) is 10.5. The van der Waals surface area contributed by atoms with E-state index in [1.54, 1.807) is 48.5 Å². The molecule has 7 nitrogen and oxygen atoms in total. The summed E-state index contributed by atoms with van der Waals surface area (Å²) in [6.07, 6.45) is 8.56. The van der Waals surface area contributed by atoms with Gasteiger partial charge in [-0.2, -0.15) is 5.10 Å². The molecule has 1 N–H and O–H groups in total. The fraction of sp³-hybridized carbons (Fsp3) is 0.115. The molecule has 2 aromatic heterocycles. The van der Waals surface area contributed by atoms with Crippen molar-refractivity contribution in [1.29, 1.82) is 0 Å². The molecule has 0 fully saturated rings. The molecular formula is C26H24N4O3. The zero-order valence-electron chi connectivity index (χ0n) is 18.4. The highest BCUT2D eigenvalue weighted by molar-refractivity contribution is 6.03. The van der Waals surface area contributed by atoms with Gasteiger partial charge in [0.2, 0.25) is 5.91 Å². The second-order valence-electron chi connectivity index (χ2n) is 7.07. The van der Waals surface area contributed by atoms with E-state index < -0.39 is 0 Å². The second kappa shape index (κ2) is 10.3. The third-order valence-corrected chi connectivity index (χ3v) is 4.86. The highest BCUT2D eigenvalue weighted by atomic mass is 16.5. The topological polar surface area (TPSA) is 78.3 Å². The number of carbonyl (C=O) groups excluding carboxylic acids is 1. The maximum absolute atomic E-state index is 12.7. The zero-order chi connectivity index (χ0) is 23.0. The Bertz CT molecular complexity index is 1250. The van der Waals surface area contributed by atoms with Crippen molar-refractivity contribution in [2.45, 2.75) is 6.92 Å². The van der Waals surface area contributed by atoms with E-state index in [1.807, 2.05) is 55.6 Å². The lowest BCUT2D eigenvalue weighted by molar-refractivity contribution is -0.111. The number of carbonyl (C=O) groups is 1. The van der Waals surface area contributed by atoms with Gasteiger partial charge in [0.15, 0.2) is 0 Å². The number of anilines is 1. The van der Waals surface area contributed by atoms with Crippen molar-refractivity contribution in [2.75, 3.05) is 19.0 Å². The van der Waals surface area contributed by atoms with E-state index >= 15 is 0 Å². The van der Waals surface area contributed by atoms with Crippen molar-refractivity contribution >= 4 is 17.7 Å². The number of pyridine rings is 1. The maximum atomic E-state index is 12.7. The molecule has 0 aliphatic heterocycles. The lowest BCUT2D eigenvalue weighted by Crippen LogP contribution is -2.09. The summed E-state index contributed by atoms with van der Waals surface area (Å²) in [5, 5.41) is 7.60. The standard InChI is InChI=1S/C26H24N4O3/c1-3-33-24-13-12-22(32-2)16-23(24)28-25(31)14-11-20-18-30(21-9-5-4-6-10-21)29-26(20)19-8-7-15-27-17-19/h4-18H,3H2,1-2H3,(H,28,31)/b14-11+. The van der Waals surface area contributed by atoms with E-state index in [2.05, 4.69) is 10.3 Å². The number of para-hydroxylation sites is 1. The van der Waals surface area contributed by atoms with Crippen LogP contribution in [0.15, 0.2) is 85.3 Å². The van der Waals surface area contributed by atoms with E-state index in [0.29, 0.717) is 23.8 Å². The summed E-state index contributed by atoms with van der Waals surface area (Å²) in [7, 11) is 1.57. The van der Waals surface area contributed by atoms with Gasteiger partial charge >= 0.3 is 0 Å². The van der Waals surface area contributed by atoms with E-state index in [9.17, 15) is 4.79 Å². The van der Waals surface area contributed by atoms with Gasteiger partial charge in [0.05, 0.1) is 25.1 Å². The summed E-state index contributed by atoms with van der Waals surface area (Å²) in [5.74, 6) is 0.905. The predicted octanol–water partition coefficient (Wildman–Crippen LogP) is 4.99. The van der Waals surface area contributed by atoms with Gasteiger partial charge in [-0.05, 0) is 49.4 Å². The van der Waals surface area contributed by atoms with Crippen molar-refractivity contribution in [3.8, 4) is 28.4 Å². The molecule has 0 unspecified atom stereocenters. The van der Waals surface area contributed by atoms with E-state index in [1.165, 1.54) is 6.08 Å². The average Bonchev–Trinajstić information content (AvgIpc) is 3.29. The number of rotatable bonds is 8. The van der Waals surface area contributed by atoms with Gasteiger partial charge in [-0.3, -0.25) is 9.78 Å². The molecule has 0 saturated heterocycles.